The molecule has 86 valence electrons. The van der Waals surface area contributed by atoms with Gasteiger partial charge in [-0.15, -0.1) is 0 Å². The van der Waals surface area contributed by atoms with Crippen molar-refractivity contribution in [1.82, 2.24) is 14.3 Å². The van der Waals surface area contributed by atoms with Gasteiger partial charge in [-0.2, -0.15) is 5.10 Å². The standard InChI is InChI=1S/C8H10N4O2S2/c1-2-11-4-10-12(5-11)16-8-9-3-6(15-8)7(13)14/h3-4H,2,5H2,1H3,(H,13,14). The number of carbonyl (C=O) groups is 1. The van der Waals surface area contributed by atoms with E-state index >= 15 is 0 Å². The van der Waals surface area contributed by atoms with Gasteiger partial charge in [-0.3, -0.25) is 0 Å². The van der Waals surface area contributed by atoms with Gasteiger partial charge < -0.3 is 10.0 Å². The zero-order valence-corrected chi connectivity index (χ0v) is 10.2. The van der Waals surface area contributed by atoms with E-state index in [1.807, 2.05) is 11.8 Å². The summed E-state index contributed by atoms with van der Waals surface area (Å²) in [5.74, 6) is -0.940. The van der Waals surface area contributed by atoms with Crippen LogP contribution in [0.2, 0.25) is 0 Å². The van der Waals surface area contributed by atoms with Gasteiger partial charge in [0.2, 0.25) is 0 Å². The molecule has 0 bridgehead atoms. The summed E-state index contributed by atoms with van der Waals surface area (Å²) in [5.41, 5.74) is 0. The second-order valence-electron chi connectivity index (χ2n) is 3.02. The van der Waals surface area contributed by atoms with Crippen LogP contribution in [-0.4, -0.2) is 44.9 Å². The summed E-state index contributed by atoms with van der Waals surface area (Å²) in [5, 5.41) is 12.9. The Labute approximate surface area is 101 Å². The summed E-state index contributed by atoms with van der Waals surface area (Å²) in [4.78, 5) is 17.0. The van der Waals surface area contributed by atoms with Crippen molar-refractivity contribution in [3.8, 4) is 0 Å². The summed E-state index contributed by atoms with van der Waals surface area (Å²) >= 11 is 2.50. The number of nitrogens with zero attached hydrogens (tertiary/aromatic N) is 4. The molecule has 0 aliphatic carbocycles. The first kappa shape index (κ1) is 11.2. The molecule has 16 heavy (non-hydrogen) atoms. The molecular formula is C8H10N4O2S2. The van der Waals surface area contributed by atoms with Crippen molar-refractivity contribution in [2.45, 2.75) is 11.3 Å². The molecule has 1 aliphatic heterocycles. The number of carboxylic acid groups (broad SMARTS) is 1. The van der Waals surface area contributed by atoms with Gasteiger partial charge in [0.05, 0.1) is 6.20 Å². The summed E-state index contributed by atoms with van der Waals surface area (Å²) in [6.07, 6.45) is 3.13. The first-order chi connectivity index (χ1) is 7.69. The number of hydrazone groups is 1. The van der Waals surface area contributed by atoms with Gasteiger partial charge in [-0.25, -0.2) is 14.2 Å². The number of aromatic nitrogens is 1. The van der Waals surface area contributed by atoms with E-state index in [0.717, 1.165) is 17.9 Å². The number of aromatic carboxylic acids is 1. The van der Waals surface area contributed by atoms with E-state index in [4.69, 9.17) is 5.11 Å². The highest BCUT2D eigenvalue weighted by Crippen LogP contribution is 2.28. The zero-order chi connectivity index (χ0) is 11.5. The van der Waals surface area contributed by atoms with Crippen molar-refractivity contribution in [1.29, 1.82) is 0 Å². The Morgan fingerprint density at radius 2 is 2.56 bits per heavy atom. The summed E-state index contributed by atoms with van der Waals surface area (Å²) in [7, 11) is 0. The van der Waals surface area contributed by atoms with Crippen molar-refractivity contribution in [2.24, 2.45) is 5.10 Å². The Balaban J connectivity index is 1.95. The Morgan fingerprint density at radius 3 is 3.12 bits per heavy atom. The van der Waals surface area contributed by atoms with Crippen LogP contribution in [0, 0.1) is 0 Å². The Kier molecular flexibility index (Phi) is 3.30. The molecule has 0 unspecified atom stereocenters. The topological polar surface area (TPSA) is 69.0 Å². The first-order valence-electron chi connectivity index (χ1n) is 4.62. The average molecular weight is 258 g/mol. The van der Waals surface area contributed by atoms with Crippen molar-refractivity contribution >= 4 is 35.6 Å². The van der Waals surface area contributed by atoms with Gasteiger partial charge in [-0.1, -0.05) is 11.3 Å². The fourth-order valence-electron chi connectivity index (χ4n) is 1.08. The van der Waals surface area contributed by atoms with Gasteiger partial charge in [-0.05, 0) is 6.92 Å². The maximum atomic E-state index is 10.7. The highest BCUT2D eigenvalue weighted by molar-refractivity contribution is 7.98. The zero-order valence-electron chi connectivity index (χ0n) is 8.53. The fourth-order valence-corrected chi connectivity index (χ4v) is 2.82. The minimum absolute atomic E-state index is 0.248. The third-order valence-corrected chi connectivity index (χ3v) is 3.87. The third-order valence-electron chi connectivity index (χ3n) is 1.93. The molecule has 0 saturated carbocycles. The monoisotopic (exact) mass is 258 g/mol. The molecule has 0 atom stereocenters. The molecule has 0 saturated heterocycles. The van der Waals surface area contributed by atoms with Crippen molar-refractivity contribution in [3.05, 3.63) is 11.1 Å². The van der Waals surface area contributed by atoms with Crippen LogP contribution < -0.4 is 0 Å². The van der Waals surface area contributed by atoms with Gasteiger partial charge >= 0.3 is 5.97 Å². The largest absolute Gasteiger partial charge is 0.477 e. The fraction of sp³-hybridized carbons (Fsp3) is 0.375. The SMILES string of the molecule is CCN1C=NN(Sc2ncc(C(=O)O)s2)C1. The molecule has 2 heterocycles. The molecule has 0 amide bonds. The van der Waals surface area contributed by atoms with E-state index < -0.39 is 5.97 Å². The van der Waals surface area contributed by atoms with Crippen LogP contribution >= 0.6 is 23.3 Å². The lowest BCUT2D eigenvalue weighted by molar-refractivity contribution is 0.0702. The van der Waals surface area contributed by atoms with E-state index in [0.29, 0.717) is 11.0 Å². The number of thiazole rings is 1. The van der Waals surface area contributed by atoms with Crippen LogP contribution in [0.4, 0.5) is 0 Å². The molecule has 0 spiro atoms. The van der Waals surface area contributed by atoms with Crippen LogP contribution in [0.25, 0.3) is 0 Å². The summed E-state index contributed by atoms with van der Waals surface area (Å²) in [6.45, 7) is 3.65. The van der Waals surface area contributed by atoms with Crippen LogP contribution in [0.3, 0.4) is 0 Å². The second-order valence-corrected chi connectivity index (χ2v) is 5.30. The van der Waals surface area contributed by atoms with Crippen molar-refractivity contribution in [3.63, 3.8) is 0 Å². The predicted molar refractivity (Wildman–Crippen MR) is 62.5 cm³/mol. The smallest absolute Gasteiger partial charge is 0.347 e. The third kappa shape index (κ3) is 2.45. The van der Waals surface area contributed by atoms with Crippen molar-refractivity contribution < 1.29 is 9.90 Å². The molecule has 6 nitrogen and oxygen atoms in total. The van der Waals surface area contributed by atoms with Gasteiger partial charge in [0.15, 0.2) is 4.34 Å². The van der Waals surface area contributed by atoms with Crippen molar-refractivity contribution in [2.75, 3.05) is 13.2 Å². The van der Waals surface area contributed by atoms with E-state index in [9.17, 15) is 4.79 Å². The van der Waals surface area contributed by atoms with Crippen LogP contribution in [-0.2, 0) is 0 Å². The lowest BCUT2D eigenvalue weighted by Crippen LogP contribution is -2.22. The Morgan fingerprint density at radius 1 is 1.75 bits per heavy atom. The average Bonchev–Trinajstić information content (AvgIpc) is 2.87. The number of rotatable bonds is 4. The molecule has 2 rings (SSSR count). The maximum Gasteiger partial charge on any atom is 0.347 e. The lowest BCUT2D eigenvalue weighted by atomic mass is 10.6. The van der Waals surface area contributed by atoms with Gasteiger partial charge in [0.1, 0.15) is 17.9 Å². The first-order valence-corrected chi connectivity index (χ1v) is 6.21. The molecule has 0 aromatic carbocycles. The number of hydrogen-bond acceptors (Lipinski definition) is 7. The Hall–Kier alpha value is -1.28. The van der Waals surface area contributed by atoms with E-state index in [2.05, 4.69) is 10.1 Å². The second kappa shape index (κ2) is 4.71. The molecule has 8 heteroatoms. The van der Waals surface area contributed by atoms with E-state index in [-0.39, 0.29) is 4.88 Å². The van der Waals surface area contributed by atoms with Crippen LogP contribution in [0.15, 0.2) is 15.6 Å². The molecular weight excluding hydrogens is 248 g/mol. The highest BCUT2D eigenvalue weighted by Gasteiger charge is 2.16. The quantitative estimate of drug-likeness (QED) is 0.823. The predicted octanol–water partition coefficient (Wildman–Crippen LogP) is 1.39. The van der Waals surface area contributed by atoms with Gasteiger partial charge in [0, 0.05) is 18.5 Å². The normalized spacial score (nSPS) is 14.8. The number of carboxylic acids is 1. The number of hydrogen-bond donors (Lipinski definition) is 1. The molecule has 1 aromatic heterocycles. The maximum absolute atomic E-state index is 10.7. The molecule has 0 radical (unpaired) electrons. The Bertz CT molecular complexity index is 420. The minimum Gasteiger partial charge on any atom is -0.477 e. The molecule has 0 fully saturated rings. The van der Waals surface area contributed by atoms with E-state index in [1.54, 1.807) is 10.8 Å². The minimum atomic E-state index is -0.940. The summed E-state index contributed by atoms with van der Waals surface area (Å²) in [6, 6.07) is 0. The van der Waals surface area contributed by atoms with Crippen LogP contribution in [0.5, 0.6) is 0 Å². The van der Waals surface area contributed by atoms with Gasteiger partial charge in [0.25, 0.3) is 0 Å². The van der Waals surface area contributed by atoms with Crippen LogP contribution in [0.1, 0.15) is 16.6 Å². The molecule has 1 N–H and O–H groups in total. The van der Waals surface area contributed by atoms with E-state index in [1.165, 1.54) is 18.1 Å². The lowest BCUT2D eigenvalue weighted by Gasteiger charge is -2.14. The summed E-state index contributed by atoms with van der Waals surface area (Å²) < 4.78 is 2.46. The molecule has 1 aliphatic rings. The highest BCUT2D eigenvalue weighted by atomic mass is 32.2. The molecule has 1 aromatic rings.